The van der Waals surface area contributed by atoms with Crippen molar-refractivity contribution < 1.29 is 13.2 Å². The standard InChI is InChI=1S/C13H23NO3S/c1-11(15)9-12-5-3-2-4-7-14(12)13-6-8-18(16,17)10-13/h12-13H,2-10H2,1H3. The predicted octanol–water partition coefficient (Wildman–Crippen LogP) is 1.40. The first kappa shape index (κ1) is 14.0. The molecule has 0 bridgehead atoms. The smallest absolute Gasteiger partial charge is 0.151 e. The number of carbonyl (C=O) groups excluding carboxylic acids is 1. The third kappa shape index (κ3) is 3.54. The van der Waals surface area contributed by atoms with Crippen molar-refractivity contribution in [3.63, 3.8) is 0 Å². The van der Waals surface area contributed by atoms with Gasteiger partial charge in [-0.1, -0.05) is 12.8 Å². The maximum absolute atomic E-state index is 11.6. The largest absolute Gasteiger partial charge is 0.300 e. The number of rotatable bonds is 3. The summed E-state index contributed by atoms with van der Waals surface area (Å²) in [5.41, 5.74) is 0. The first-order chi connectivity index (χ1) is 8.48. The van der Waals surface area contributed by atoms with Crippen molar-refractivity contribution in [2.75, 3.05) is 18.1 Å². The van der Waals surface area contributed by atoms with Gasteiger partial charge in [0.2, 0.25) is 0 Å². The summed E-state index contributed by atoms with van der Waals surface area (Å²) in [6, 6.07) is 0.417. The summed E-state index contributed by atoms with van der Waals surface area (Å²) < 4.78 is 23.2. The van der Waals surface area contributed by atoms with Crippen LogP contribution in [0.3, 0.4) is 0 Å². The second kappa shape index (κ2) is 5.70. The van der Waals surface area contributed by atoms with Gasteiger partial charge in [0.1, 0.15) is 5.78 Å². The van der Waals surface area contributed by atoms with E-state index in [4.69, 9.17) is 0 Å². The summed E-state index contributed by atoms with van der Waals surface area (Å²) in [6.07, 6.45) is 5.85. The Kier molecular flexibility index (Phi) is 4.43. The molecule has 104 valence electrons. The fourth-order valence-corrected chi connectivity index (χ4v) is 5.01. The maximum atomic E-state index is 11.6. The summed E-state index contributed by atoms with van der Waals surface area (Å²) in [6.45, 7) is 2.59. The lowest BCUT2D eigenvalue weighted by atomic mass is 10.0. The first-order valence-electron chi connectivity index (χ1n) is 6.93. The Hall–Kier alpha value is -0.420. The number of ketones is 1. The molecule has 0 aromatic rings. The highest BCUT2D eigenvalue weighted by molar-refractivity contribution is 7.91. The van der Waals surface area contributed by atoms with E-state index in [1.807, 2.05) is 0 Å². The van der Waals surface area contributed by atoms with Crippen molar-refractivity contribution >= 4 is 15.6 Å². The van der Waals surface area contributed by atoms with Gasteiger partial charge in [0.15, 0.2) is 9.84 Å². The van der Waals surface area contributed by atoms with Crippen LogP contribution in [-0.2, 0) is 14.6 Å². The third-order valence-corrected chi connectivity index (χ3v) is 5.87. The molecule has 0 saturated carbocycles. The highest BCUT2D eigenvalue weighted by atomic mass is 32.2. The van der Waals surface area contributed by atoms with Gasteiger partial charge < -0.3 is 0 Å². The molecule has 2 fully saturated rings. The second-order valence-electron chi connectivity index (χ2n) is 5.70. The average Bonchev–Trinajstić information content (AvgIpc) is 2.48. The molecule has 2 unspecified atom stereocenters. The van der Waals surface area contributed by atoms with Crippen LogP contribution in [-0.4, -0.2) is 49.2 Å². The van der Waals surface area contributed by atoms with Crippen molar-refractivity contribution in [2.24, 2.45) is 0 Å². The minimum atomic E-state index is -2.84. The van der Waals surface area contributed by atoms with Crippen molar-refractivity contribution in [3.05, 3.63) is 0 Å². The normalized spacial score (nSPS) is 33.2. The molecular weight excluding hydrogens is 250 g/mol. The predicted molar refractivity (Wildman–Crippen MR) is 71.3 cm³/mol. The summed E-state index contributed by atoms with van der Waals surface area (Å²) in [5.74, 6) is 0.829. The van der Waals surface area contributed by atoms with Gasteiger partial charge in [0.25, 0.3) is 0 Å². The summed E-state index contributed by atoms with van der Waals surface area (Å²) in [4.78, 5) is 13.7. The first-order valence-corrected chi connectivity index (χ1v) is 8.76. The molecule has 2 aliphatic heterocycles. The van der Waals surface area contributed by atoms with Gasteiger partial charge in [-0.15, -0.1) is 0 Å². The molecule has 2 atom stereocenters. The Morgan fingerprint density at radius 3 is 2.61 bits per heavy atom. The van der Waals surface area contributed by atoms with E-state index in [1.165, 1.54) is 6.42 Å². The maximum Gasteiger partial charge on any atom is 0.151 e. The fourth-order valence-electron chi connectivity index (χ4n) is 3.27. The lowest BCUT2D eigenvalue weighted by molar-refractivity contribution is -0.118. The molecule has 0 N–H and O–H groups in total. The zero-order valence-electron chi connectivity index (χ0n) is 11.1. The van der Waals surface area contributed by atoms with E-state index in [9.17, 15) is 13.2 Å². The number of Topliss-reactive ketones (excluding diaryl/α,β-unsaturated/α-hetero) is 1. The minimum Gasteiger partial charge on any atom is -0.300 e. The van der Waals surface area contributed by atoms with Crippen molar-refractivity contribution in [2.45, 2.75) is 57.5 Å². The lowest BCUT2D eigenvalue weighted by Gasteiger charge is -2.34. The monoisotopic (exact) mass is 273 g/mol. The van der Waals surface area contributed by atoms with Gasteiger partial charge >= 0.3 is 0 Å². The molecule has 5 heteroatoms. The van der Waals surface area contributed by atoms with E-state index in [1.54, 1.807) is 6.92 Å². The zero-order valence-corrected chi connectivity index (χ0v) is 11.9. The van der Waals surface area contributed by atoms with Crippen LogP contribution < -0.4 is 0 Å². The van der Waals surface area contributed by atoms with E-state index >= 15 is 0 Å². The fraction of sp³-hybridized carbons (Fsp3) is 0.923. The molecule has 0 amide bonds. The quantitative estimate of drug-likeness (QED) is 0.780. The Balaban J connectivity index is 2.08. The third-order valence-electron chi connectivity index (χ3n) is 4.12. The molecule has 4 nitrogen and oxygen atoms in total. The molecule has 2 heterocycles. The Morgan fingerprint density at radius 1 is 1.22 bits per heavy atom. The minimum absolute atomic E-state index is 0.150. The molecule has 2 aliphatic rings. The van der Waals surface area contributed by atoms with Crippen molar-refractivity contribution in [1.82, 2.24) is 4.90 Å². The Labute approximate surface area is 110 Å². The number of nitrogens with zero attached hydrogens (tertiary/aromatic N) is 1. The van der Waals surface area contributed by atoms with E-state index in [0.717, 1.165) is 32.2 Å². The molecule has 0 spiro atoms. The van der Waals surface area contributed by atoms with Crippen LogP contribution in [0.4, 0.5) is 0 Å². The summed E-state index contributed by atoms with van der Waals surface area (Å²) in [7, 11) is -2.84. The zero-order chi connectivity index (χ0) is 13.2. The van der Waals surface area contributed by atoms with E-state index in [2.05, 4.69) is 4.90 Å². The molecule has 0 aromatic carbocycles. The van der Waals surface area contributed by atoms with Crippen molar-refractivity contribution in [3.8, 4) is 0 Å². The van der Waals surface area contributed by atoms with E-state index < -0.39 is 9.84 Å². The molecule has 0 aromatic heterocycles. The van der Waals surface area contributed by atoms with E-state index in [-0.39, 0.29) is 17.9 Å². The lowest BCUT2D eigenvalue weighted by Crippen LogP contribution is -2.44. The number of sulfone groups is 1. The molecule has 0 aliphatic carbocycles. The van der Waals surface area contributed by atoms with Crippen LogP contribution >= 0.6 is 0 Å². The summed E-state index contributed by atoms with van der Waals surface area (Å²) >= 11 is 0. The SMILES string of the molecule is CC(=O)CC1CCCCCN1C1CCS(=O)(=O)C1. The highest BCUT2D eigenvalue weighted by Crippen LogP contribution is 2.27. The van der Waals surface area contributed by atoms with E-state index in [0.29, 0.717) is 17.9 Å². The summed E-state index contributed by atoms with van der Waals surface area (Å²) in [5, 5.41) is 0. The Bertz CT molecular complexity index is 404. The van der Waals surface area contributed by atoms with Crippen LogP contribution in [0.2, 0.25) is 0 Å². The molecule has 0 radical (unpaired) electrons. The van der Waals surface area contributed by atoms with Crippen LogP contribution in [0.1, 0.15) is 45.4 Å². The Morgan fingerprint density at radius 2 is 2.00 bits per heavy atom. The van der Waals surface area contributed by atoms with Crippen molar-refractivity contribution in [1.29, 1.82) is 0 Å². The molecule has 2 saturated heterocycles. The van der Waals surface area contributed by atoms with Gasteiger partial charge in [0.05, 0.1) is 11.5 Å². The van der Waals surface area contributed by atoms with Gasteiger partial charge in [-0.2, -0.15) is 0 Å². The molecular formula is C13H23NO3S. The van der Waals surface area contributed by atoms with Crippen LogP contribution in [0.15, 0.2) is 0 Å². The van der Waals surface area contributed by atoms with Gasteiger partial charge in [0, 0.05) is 18.5 Å². The van der Waals surface area contributed by atoms with Gasteiger partial charge in [-0.3, -0.25) is 9.69 Å². The number of likely N-dealkylation sites (tertiary alicyclic amines) is 1. The number of carbonyl (C=O) groups is 1. The molecule has 18 heavy (non-hydrogen) atoms. The van der Waals surface area contributed by atoms with Crippen LogP contribution in [0, 0.1) is 0 Å². The second-order valence-corrected chi connectivity index (χ2v) is 7.93. The molecule has 2 rings (SSSR count). The van der Waals surface area contributed by atoms with Crippen LogP contribution in [0.25, 0.3) is 0 Å². The van der Waals surface area contributed by atoms with Crippen LogP contribution in [0.5, 0.6) is 0 Å². The topological polar surface area (TPSA) is 54.5 Å². The highest BCUT2D eigenvalue weighted by Gasteiger charge is 2.36. The average molecular weight is 273 g/mol. The van der Waals surface area contributed by atoms with Gasteiger partial charge in [-0.05, 0) is 32.7 Å². The van der Waals surface area contributed by atoms with Gasteiger partial charge in [-0.25, -0.2) is 8.42 Å². The number of hydrogen-bond donors (Lipinski definition) is 0. The number of hydrogen-bond acceptors (Lipinski definition) is 4.